The number of aliphatic imine (C=N–C) groups is 1. The fraction of sp³-hybridized carbons (Fsp3) is 0.775. The van der Waals surface area contributed by atoms with E-state index in [1.54, 1.807) is 6.92 Å². The van der Waals surface area contributed by atoms with Gasteiger partial charge in [0.05, 0.1) is 42.7 Å². The van der Waals surface area contributed by atoms with Crippen LogP contribution in [0.1, 0.15) is 91.4 Å². The molecule has 0 aromatic rings. The minimum absolute atomic E-state index is 0.0164. The van der Waals surface area contributed by atoms with Crippen LogP contribution in [0.2, 0.25) is 0 Å². The van der Waals surface area contributed by atoms with E-state index in [1.807, 2.05) is 18.7 Å². The van der Waals surface area contributed by atoms with Crippen LogP contribution < -0.4 is 60.4 Å². The van der Waals surface area contributed by atoms with Crippen molar-refractivity contribution in [3.05, 3.63) is 0 Å². The summed E-state index contributed by atoms with van der Waals surface area (Å²) in [4.78, 5) is 115. The van der Waals surface area contributed by atoms with E-state index in [4.69, 9.17) is 22.9 Å². The van der Waals surface area contributed by atoms with E-state index >= 15 is 0 Å². The van der Waals surface area contributed by atoms with Crippen LogP contribution in [-0.4, -0.2) is 161 Å². The molecule has 7 atom stereocenters. The van der Waals surface area contributed by atoms with Gasteiger partial charge in [-0.25, -0.2) is 10.9 Å². The summed E-state index contributed by atoms with van der Waals surface area (Å²) in [5, 5.41) is 23.5. The van der Waals surface area contributed by atoms with Gasteiger partial charge in [-0.15, -0.1) is 0 Å². The van der Waals surface area contributed by atoms with E-state index in [-0.39, 0.29) is 80.2 Å². The number of rotatable bonds is 17. The molecule has 16 N–H and O–H groups in total. The minimum Gasteiger partial charge on any atom is -0.394 e. The predicted molar refractivity (Wildman–Crippen MR) is 255 cm³/mol. The summed E-state index contributed by atoms with van der Waals surface area (Å²) in [6, 6.07) is -6.84. The molecule has 2 aliphatic rings. The van der Waals surface area contributed by atoms with Crippen molar-refractivity contribution < 1.29 is 43.5 Å². The lowest BCUT2D eigenvalue weighted by molar-refractivity contribution is -0.139. The summed E-state index contributed by atoms with van der Waals surface area (Å²) in [6.45, 7) is 5.37. The fourth-order valence-electron chi connectivity index (χ4n) is 7.22. The number of guanidine groups is 1. The van der Waals surface area contributed by atoms with Gasteiger partial charge in [0.15, 0.2) is 11.7 Å². The number of carbonyl (C=O) groups is 8. The van der Waals surface area contributed by atoms with Crippen LogP contribution in [0.4, 0.5) is 0 Å². The average molecular weight is 976 g/mol. The molecule has 65 heavy (non-hydrogen) atoms. The summed E-state index contributed by atoms with van der Waals surface area (Å²) >= 11 is 4.27. The molecule has 0 aliphatic carbocycles. The molecule has 2 heterocycles. The highest BCUT2D eigenvalue weighted by molar-refractivity contribution is 8.76. The number of carbonyl (C=O) groups excluding carboxylic acids is 8. The predicted octanol–water partition coefficient (Wildman–Crippen LogP) is -2.93. The normalized spacial score (nSPS) is 27.0. The number of hydrazine groups is 1. The smallest absolute Gasteiger partial charge is 0.249 e. The molecule has 0 radical (unpaired) electrons. The van der Waals surface area contributed by atoms with Crippen LogP contribution in [-0.2, 0) is 38.4 Å². The first-order chi connectivity index (χ1) is 30.9. The van der Waals surface area contributed by atoms with Crippen molar-refractivity contribution in [2.24, 2.45) is 33.8 Å². The zero-order valence-electron chi connectivity index (χ0n) is 37.9. The standard InChI is InChI=1S/C40H73N13O9S3/c1-24(2)18-32(56)40(3)22-64-65-23-47-29(21-63)33(57)31(55)19-46-34(58)27(11-5-7-15-42)51-52-28(20-54)37(61)48-25(10-4-6-14-41)35(59)50-36(60)26(12-8-16-45-39(43)44)49-38(62)30-13-9-17-53(30)40/h24-30,47,51-52,54,63H,4-23,41-42H2,1-3H3,(H,46,58)(H,48,61)(H,49,62)(H4,43,44,45)(H,50,59,60)/t25-,26-,27?,28?,29-,30-,40?/m0/s1. The third-order valence-electron chi connectivity index (χ3n) is 11.0. The van der Waals surface area contributed by atoms with E-state index in [2.05, 4.69) is 55.1 Å². The Bertz CT molecular complexity index is 1630. The number of unbranched alkanes of at least 4 members (excludes halogenated alkanes) is 2. The first-order valence-electron chi connectivity index (χ1n) is 22.2. The number of hydrogen-bond donors (Lipinski definition) is 13. The summed E-state index contributed by atoms with van der Waals surface area (Å²) < 4.78 is 0. The Kier molecular flexibility index (Phi) is 27.4. The number of ketones is 3. The highest BCUT2D eigenvalue weighted by Crippen LogP contribution is 2.36. The highest BCUT2D eigenvalue weighted by atomic mass is 33.1. The average Bonchev–Trinajstić information content (AvgIpc) is 3.77. The maximum Gasteiger partial charge on any atom is 0.249 e. The van der Waals surface area contributed by atoms with Crippen molar-refractivity contribution in [1.29, 1.82) is 0 Å². The van der Waals surface area contributed by atoms with E-state index in [9.17, 15) is 43.5 Å². The molecule has 0 aromatic carbocycles. The van der Waals surface area contributed by atoms with Crippen molar-refractivity contribution in [3.63, 3.8) is 0 Å². The number of hydrogen-bond acceptors (Lipinski definition) is 19. The largest absolute Gasteiger partial charge is 0.394 e. The van der Waals surface area contributed by atoms with Crippen LogP contribution in [0, 0.1) is 5.92 Å². The third-order valence-corrected chi connectivity index (χ3v) is 13.7. The molecule has 2 fully saturated rings. The monoisotopic (exact) mass is 975 g/mol. The number of thiol groups is 1. The molecule has 2 aliphatic heterocycles. The molecule has 2 rings (SSSR count). The van der Waals surface area contributed by atoms with Gasteiger partial charge in [-0.05, 0) is 83.7 Å². The van der Waals surface area contributed by atoms with Gasteiger partial charge in [-0.3, -0.25) is 58.9 Å². The van der Waals surface area contributed by atoms with Crippen LogP contribution >= 0.6 is 34.2 Å². The maximum absolute atomic E-state index is 14.3. The molecule has 2 saturated heterocycles. The van der Waals surface area contributed by atoms with Crippen LogP contribution in [0.25, 0.3) is 0 Å². The lowest BCUT2D eigenvalue weighted by atomic mass is 9.89. The Balaban J connectivity index is 2.58. The first-order valence-corrected chi connectivity index (χ1v) is 25.3. The van der Waals surface area contributed by atoms with Crippen molar-refractivity contribution in [3.8, 4) is 0 Å². The summed E-state index contributed by atoms with van der Waals surface area (Å²) in [7, 11) is 2.67. The number of fused-ring (bicyclic) bond motifs is 1. The van der Waals surface area contributed by atoms with E-state index in [1.165, 1.54) is 21.6 Å². The third kappa shape index (κ3) is 19.8. The first kappa shape index (κ1) is 57.7. The van der Waals surface area contributed by atoms with Crippen molar-refractivity contribution in [2.45, 2.75) is 133 Å². The van der Waals surface area contributed by atoms with Gasteiger partial charge in [0.25, 0.3) is 0 Å². The second-order valence-corrected chi connectivity index (χ2v) is 19.5. The van der Waals surface area contributed by atoms with Gasteiger partial charge >= 0.3 is 0 Å². The zero-order valence-corrected chi connectivity index (χ0v) is 40.4. The van der Waals surface area contributed by atoms with Gasteiger partial charge in [0.1, 0.15) is 18.1 Å². The second-order valence-electron chi connectivity index (χ2n) is 16.7. The molecule has 3 unspecified atom stereocenters. The maximum atomic E-state index is 14.3. The molecule has 5 amide bonds. The SMILES string of the molecule is CC(C)CC(=O)C1(C)CSSCN[C@@H](CS)C(=O)C(=O)CNC(=O)C(CCCCN)NNC(CO)C(=O)N[C@@H](CCCCN)C(=O)NC(=O)[C@H](CCCN=C(N)N)NC(=O)[C@@H]2CCCN21. The quantitative estimate of drug-likeness (QED) is 0.0132. The highest BCUT2D eigenvalue weighted by Gasteiger charge is 2.47. The Hall–Kier alpha value is -3.40. The molecule has 0 bridgehead atoms. The molecule has 370 valence electrons. The Morgan fingerprint density at radius 2 is 1.43 bits per heavy atom. The molecule has 0 aromatic heterocycles. The lowest BCUT2D eigenvalue weighted by Crippen LogP contribution is -2.62. The fourth-order valence-corrected chi connectivity index (χ4v) is 9.90. The number of imide groups is 1. The molecule has 22 nitrogen and oxygen atoms in total. The van der Waals surface area contributed by atoms with Gasteiger partial charge < -0.3 is 44.0 Å². The van der Waals surface area contributed by atoms with Crippen molar-refractivity contribution >= 4 is 87.1 Å². The Morgan fingerprint density at radius 1 is 0.831 bits per heavy atom. The lowest BCUT2D eigenvalue weighted by Gasteiger charge is -2.41. The zero-order chi connectivity index (χ0) is 48.5. The van der Waals surface area contributed by atoms with Crippen molar-refractivity contribution in [2.75, 3.05) is 56.7 Å². The van der Waals surface area contributed by atoms with Crippen LogP contribution in [0.15, 0.2) is 4.99 Å². The topological polar surface area (TPSA) is 361 Å². The number of nitrogens with one attached hydrogen (secondary N) is 7. The molecule has 0 spiro atoms. The van der Waals surface area contributed by atoms with Crippen LogP contribution in [0.3, 0.4) is 0 Å². The molecule has 25 heteroatoms. The van der Waals surface area contributed by atoms with E-state index in [0.717, 1.165) is 0 Å². The number of amides is 5. The summed E-state index contributed by atoms with van der Waals surface area (Å²) in [5.74, 6) is -5.30. The Morgan fingerprint density at radius 3 is 2.02 bits per heavy atom. The summed E-state index contributed by atoms with van der Waals surface area (Å²) in [6.07, 6.45) is 3.55. The van der Waals surface area contributed by atoms with E-state index in [0.29, 0.717) is 51.6 Å². The van der Waals surface area contributed by atoms with Gasteiger partial charge in [0.2, 0.25) is 41.1 Å². The number of Topliss-reactive ketones (excluding diaryl/α,β-unsaturated/α-hetero) is 3. The van der Waals surface area contributed by atoms with Crippen molar-refractivity contribution in [1.82, 2.24) is 42.3 Å². The van der Waals surface area contributed by atoms with Crippen LogP contribution in [0.5, 0.6) is 0 Å². The second kappa shape index (κ2) is 30.8. The Labute approximate surface area is 395 Å². The number of nitrogens with two attached hydrogens (primary N) is 4. The number of aliphatic hydroxyl groups is 1. The molecular formula is C40H73N13O9S3. The van der Waals surface area contributed by atoms with E-state index < -0.39 is 96.0 Å². The van der Waals surface area contributed by atoms with Gasteiger partial charge in [0, 0.05) is 31.0 Å². The van der Waals surface area contributed by atoms with Gasteiger partial charge in [-0.1, -0.05) is 41.9 Å². The van der Waals surface area contributed by atoms with Gasteiger partial charge in [-0.2, -0.15) is 12.6 Å². The summed E-state index contributed by atoms with van der Waals surface area (Å²) in [5.41, 5.74) is 26.6. The number of aliphatic hydroxyl groups excluding tert-OH is 1. The molecular weight excluding hydrogens is 903 g/mol. The number of nitrogens with zero attached hydrogens (tertiary/aromatic N) is 2. The molecule has 0 saturated carbocycles. The minimum atomic E-state index is -1.42.